The summed E-state index contributed by atoms with van der Waals surface area (Å²) >= 11 is 0. The van der Waals surface area contributed by atoms with Gasteiger partial charge in [0, 0.05) is 32.0 Å². The second-order valence-corrected chi connectivity index (χ2v) is 9.01. The Hall–Kier alpha value is -3.67. The summed E-state index contributed by atoms with van der Waals surface area (Å²) < 4.78 is 11.9. The van der Waals surface area contributed by atoms with Gasteiger partial charge in [-0.1, -0.05) is 18.2 Å². The Labute approximate surface area is 191 Å². The van der Waals surface area contributed by atoms with Gasteiger partial charge in [-0.25, -0.2) is 0 Å². The van der Waals surface area contributed by atoms with Gasteiger partial charge in [-0.05, 0) is 49.2 Å². The van der Waals surface area contributed by atoms with E-state index in [2.05, 4.69) is 0 Å². The summed E-state index contributed by atoms with van der Waals surface area (Å²) in [5, 5.41) is 0.483. The molecule has 3 heterocycles. The molecular weight excluding hydrogens is 418 g/mol. The van der Waals surface area contributed by atoms with Crippen LogP contribution in [0.1, 0.15) is 46.3 Å². The molecular formula is C27H25NO5. The van der Waals surface area contributed by atoms with Gasteiger partial charge in [-0.3, -0.25) is 14.4 Å². The first-order valence-corrected chi connectivity index (χ1v) is 11.2. The fourth-order valence-corrected chi connectivity index (χ4v) is 4.90. The van der Waals surface area contributed by atoms with Crippen LogP contribution in [0.4, 0.5) is 0 Å². The van der Waals surface area contributed by atoms with E-state index < -0.39 is 5.60 Å². The number of benzene rings is 2. The van der Waals surface area contributed by atoms with Crippen molar-refractivity contribution >= 4 is 28.7 Å². The third-order valence-corrected chi connectivity index (χ3v) is 6.63. The summed E-state index contributed by atoms with van der Waals surface area (Å²) in [4.78, 5) is 40.0. The Morgan fingerprint density at radius 1 is 1.09 bits per heavy atom. The highest BCUT2D eigenvalue weighted by Gasteiger charge is 2.44. The lowest BCUT2D eigenvalue weighted by Gasteiger charge is -2.44. The fourth-order valence-electron chi connectivity index (χ4n) is 4.90. The van der Waals surface area contributed by atoms with Gasteiger partial charge in [0.15, 0.2) is 11.2 Å². The van der Waals surface area contributed by atoms with E-state index in [4.69, 9.17) is 9.15 Å². The molecule has 6 nitrogen and oxygen atoms in total. The number of amides is 1. The van der Waals surface area contributed by atoms with Gasteiger partial charge in [0.2, 0.25) is 5.91 Å². The molecule has 0 unspecified atom stereocenters. The number of ketones is 1. The van der Waals surface area contributed by atoms with Crippen LogP contribution in [-0.4, -0.2) is 35.3 Å². The zero-order valence-corrected chi connectivity index (χ0v) is 18.7. The Bertz CT molecular complexity index is 1360. The van der Waals surface area contributed by atoms with Crippen molar-refractivity contribution in [1.82, 2.24) is 4.90 Å². The fraction of sp³-hybridized carbons (Fsp3) is 0.296. The molecule has 1 amide bonds. The molecule has 1 aromatic heterocycles. The molecule has 2 aromatic carbocycles. The van der Waals surface area contributed by atoms with Crippen LogP contribution in [0.3, 0.4) is 0 Å². The largest absolute Gasteiger partial charge is 0.486 e. The van der Waals surface area contributed by atoms with E-state index in [1.54, 1.807) is 29.2 Å². The number of ether oxygens (including phenoxy) is 1. The molecule has 5 rings (SSSR count). The van der Waals surface area contributed by atoms with Crippen molar-refractivity contribution in [2.45, 2.75) is 38.7 Å². The smallest absolute Gasteiger partial charge is 0.246 e. The maximum Gasteiger partial charge on any atom is 0.246 e. The molecule has 0 saturated carbocycles. The monoisotopic (exact) mass is 443 g/mol. The number of carbonyl (C=O) groups excluding carboxylic acids is 2. The highest BCUT2D eigenvalue weighted by atomic mass is 16.5. The van der Waals surface area contributed by atoms with Gasteiger partial charge in [0.1, 0.15) is 23.2 Å². The van der Waals surface area contributed by atoms with Crippen LogP contribution < -0.4 is 10.2 Å². The Morgan fingerprint density at radius 3 is 2.64 bits per heavy atom. The second-order valence-electron chi connectivity index (χ2n) is 9.01. The van der Waals surface area contributed by atoms with Crippen LogP contribution in [0, 0.1) is 13.8 Å². The standard InChI is InChI=1S/C27H25NO5/c1-17-13-18(2)25-21(29)15-27(33-23(25)14-17)9-11-28(12-10-27)24(30)8-7-19-16-32-22-6-4-3-5-20(22)26(19)31/h3-8,13-14,16H,9-12,15H2,1-2H3/b8-7+. The van der Waals surface area contributed by atoms with Crippen LogP contribution in [0.25, 0.3) is 17.0 Å². The van der Waals surface area contributed by atoms with Crippen LogP contribution in [0.15, 0.2) is 57.9 Å². The van der Waals surface area contributed by atoms with Gasteiger partial charge >= 0.3 is 0 Å². The van der Waals surface area contributed by atoms with E-state index in [0.29, 0.717) is 60.2 Å². The molecule has 1 spiro atoms. The summed E-state index contributed by atoms with van der Waals surface area (Å²) in [6, 6.07) is 11.0. The third-order valence-electron chi connectivity index (χ3n) is 6.63. The van der Waals surface area contributed by atoms with Gasteiger partial charge in [-0.2, -0.15) is 0 Å². The number of para-hydroxylation sites is 1. The molecule has 2 aliphatic heterocycles. The van der Waals surface area contributed by atoms with Crippen molar-refractivity contribution in [1.29, 1.82) is 0 Å². The zero-order chi connectivity index (χ0) is 23.2. The second kappa shape index (κ2) is 8.03. The molecule has 1 saturated heterocycles. The number of carbonyl (C=O) groups is 2. The minimum atomic E-state index is -0.565. The number of piperidine rings is 1. The molecule has 0 atom stereocenters. The maximum atomic E-state index is 12.9. The summed E-state index contributed by atoms with van der Waals surface area (Å²) in [5.41, 5.74) is 2.80. The van der Waals surface area contributed by atoms with Crippen molar-refractivity contribution < 1.29 is 18.7 Å². The van der Waals surface area contributed by atoms with Crippen LogP contribution in [0.5, 0.6) is 5.75 Å². The number of aryl methyl sites for hydroxylation is 2. The Kier molecular flexibility index (Phi) is 5.16. The van der Waals surface area contributed by atoms with Crippen molar-refractivity contribution in [3.8, 4) is 5.75 Å². The van der Waals surface area contributed by atoms with Gasteiger partial charge in [0.25, 0.3) is 0 Å². The topological polar surface area (TPSA) is 76.8 Å². The number of hydrogen-bond acceptors (Lipinski definition) is 5. The Balaban J connectivity index is 1.29. The first kappa shape index (κ1) is 21.2. The SMILES string of the molecule is Cc1cc(C)c2c(c1)OC1(CCN(C(=O)/C=C/c3coc4ccccc4c3=O)CC1)CC2=O. The molecule has 2 aliphatic rings. The van der Waals surface area contributed by atoms with E-state index in [0.717, 1.165) is 11.1 Å². The molecule has 0 bridgehead atoms. The average Bonchev–Trinajstić information content (AvgIpc) is 2.78. The molecule has 1 fully saturated rings. The number of Topliss-reactive ketones (excluding diaryl/α,β-unsaturated/α-hetero) is 1. The average molecular weight is 443 g/mol. The number of fused-ring (bicyclic) bond motifs is 2. The van der Waals surface area contributed by atoms with E-state index in [-0.39, 0.29) is 17.1 Å². The molecule has 0 radical (unpaired) electrons. The highest BCUT2D eigenvalue weighted by Crippen LogP contribution is 2.41. The van der Waals surface area contributed by atoms with Crippen molar-refractivity contribution in [2.24, 2.45) is 0 Å². The predicted molar refractivity (Wildman–Crippen MR) is 126 cm³/mol. The zero-order valence-electron chi connectivity index (χ0n) is 18.7. The van der Waals surface area contributed by atoms with E-state index >= 15 is 0 Å². The van der Waals surface area contributed by atoms with Gasteiger partial charge in [0.05, 0.1) is 22.9 Å². The lowest BCUT2D eigenvalue weighted by atomic mass is 9.81. The van der Waals surface area contributed by atoms with Crippen LogP contribution in [0.2, 0.25) is 0 Å². The normalized spacial score (nSPS) is 17.4. The third kappa shape index (κ3) is 3.86. The Morgan fingerprint density at radius 2 is 1.85 bits per heavy atom. The minimum absolute atomic E-state index is 0.108. The summed E-state index contributed by atoms with van der Waals surface area (Å²) in [7, 11) is 0. The summed E-state index contributed by atoms with van der Waals surface area (Å²) in [5.74, 6) is 0.592. The molecule has 3 aromatic rings. The molecule has 6 heteroatoms. The van der Waals surface area contributed by atoms with Crippen LogP contribution in [-0.2, 0) is 4.79 Å². The van der Waals surface area contributed by atoms with E-state index in [1.807, 2.05) is 26.0 Å². The summed E-state index contributed by atoms with van der Waals surface area (Å²) in [6.45, 7) is 4.91. The minimum Gasteiger partial charge on any atom is -0.486 e. The first-order chi connectivity index (χ1) is 15.8. The van der Waals surface area contributed by atoms with Crippen molar-refractivity contribution in [3.05, 3.63) is 81.2 Å². The molecule has 0 N–H and O–H groups in total. The molecule has 0 aliphatic carbocycles. The first-order valence-electron chi connectivity index (χ1n) is 11.2. The highest BCUT2D eigenvalue weighted by molar-refractivity contribution is 6.02. The molecule has 33 heavy (non-hydrogen) atoms. The number of nitrogens with zero attached hydrogens (tertiary/aromatic N) is 1. The van der Waals surface area contributed by atoms with Crippen LogP contribution >= 0.6 is 0 Å². The summed E-state index contributed by atoms with van der Waals surface area (Å²) in [6.07, 6.45) is 5.80. The lowest BCUT2D eigenvalue weighted by molar-refractivity contribution is -0.129. The number of likely N-dealkylation sites (tertiary alicyclic amines) is 1. The van der Waals surface area contributed by atoms with Gasteiger partial charge < -0.3 is 14.1 Å². The number of hydrogen-bond donors (Lipinski definition) is 0. The number of rotatable bonds is 2. The van der Waals surface area contributed by atoms with E-state index in [9.17, 15) is 14.4 Å². The predicted octanol–water partition coefficient (Wildman–Crippen LogP) is 4.45. The van der Waals surface area contributed by atoms with Crippen molar-refractivity contribution in [3.63, 3.8) is 0 Å². The lowest BCUT2D eigenvalue weighted by Crippen LogP contribution is -2.52. The quantitative estimate of drug-likeness (QED) is 0.547. The van der Waals surface area contributed by atoms with Gasteiger partial charge in [-0.15, -0.1) is 0 Å². The maximum absolute atomic E-state index is 12.9. The van der Waals surface area contributed by atoms with Crippen molar-refractivity contribution in [2.75, 3.05) is 13.1 Å². The molecule has 168 valence electrons. The van der Waals surface area contributed by atoms with E-state index in [1.165, 1.54) is 18.4 Å².